The lowest BCUT2D eigenvalue weighted by Crippen LogP contribution is -2.37. The maximum atomic E-state index is 12.7. The van der Waals surface area contributed by atoms with Crippen molar-refractivity contribution in [2.24, 2.45) is 0 Å². The molecule has 0 heterocycles. The van der Waals surface area contributed by atoms with Crippen LogP contribution in [0.1, 0.15) is 12.5 Å². The molecule has 1 N–H and O–H groups in total. The third-order valence-corrected chi connectivity index (χ3v) is 5.64. The van der Waals surface area contributed by atoms with Gasteiger partial charge in [-0.15, -0.1) is 0 Å². The van der Waals surface area contributed by atoms with Crippen LogP contribution < -0.4 is 10.1 Å². The Hall–Kier alpha value is -2.38. The Kier molecular flexibility index (Phi) is 6.17. The lowest BCUT2D eigenvalue weighted by Gasteiger charge is -2.20. The smallest absolute Gasteiger partial charge is 0.243 e. The first-order chi connectivity index (χ1) is 11.9. The Labute approximate surface area is 148 Å². The standard InChI is InChI=1S/C18H22N2O4S/c1-4-20(25(22,23)17-11-5-14(2)6-12-17)13-18(21)19-15-7-9-16(24-3)10-8-15/h5-12H,4,13H2,1-3H3,(H,19,21). The van der Waals surface area contributed by atoms with Gasteiger partial charge in [-0.3, -0.25) is 4.79 Å². The molecule has 0 saturated carbocycles. The number of aryl methyl sites for hydroxylation is 1. The number of ether oxygens (including phenoxy) is 1. The summed E-state index contributed by atoms with van der Waals surface area (Å²) in [5, 5.41) is 2.69. The number of hydrogen-bond acceptors (Lipinski definition) is 4. The molecular weight excluding hydrogens is 340 g/mol. The second-order valence-electron chi connectivity index (χ2n) is 5.52. The molecule has 6 nitrogen and oxygen atoms in total. The number of carbonyl (C=O) groups excluding carboxylic acids is 1. The summed E-state index contributed by atoms with van der Waals surface area (Å²) < 4.78 is 31.6. The van der Waals surface area contributed by atoms with Crippen molar-refractivity contribution >= 4 is 21.6 Å². The van der Waals surface area contributed by atoms with E-state index < -0.39 is 15.9 Å². The van der Waals surface area contributed by atoms with Crippen LogP contribution in [-0.2, 0) is 14.8 Å². The number of methoxy groups -OCH3 is 1. The number of benzene rings is 2. The molecule has 0 fully saturated rings. The topological polar surface area (TPSA) is 75.7 Å². The first-order valence-electron chi connectivity index (χ1n) is 7.87. The fourth-order valence-electron chi connectivity index (χ4n) is 2.26. The van der Waals surface area contributed by atoms with Gasteiger partial charge >= 0.3 is 0 Å². The highest BCUT2D eigenvalue weighted by Gasteiger charge is 2.25. The van der Waals surface area contributed by atoms with E-state index >= 15 is 0 Å². The lowest BCUT2D eigenvalue weighted by molar-refractivity contribution is -0.116. The van der Waals surface area contributed by atoms with Gasteiger partial charge < -0.3 is 10.1 Å². The number of nitrogens with one attached hydrogen (secondary N) is 1. The summed E-state index contributed by atoms with van der Waals surface area (Å²) in [4.78, 5) is 12.4. The van der Waals surface area contributed by atoms with Crippen molar-refractivity contribution < 1.29 is 17.9 Å². The molecule has 1 amide bonds. The van der Waals surface area contributed by atoms with Crippen molar-refractivity contribution in [2.45, 2.75) is 18.7 Å². The quantitative estimate of drug-likeness (QED) is 0.822. The molecule has 0 spiro atoms. The summed E-state index contributed by atoms with van der Waals surface area (Å²) in [6, 6.07) is 13.4. The van der Waals surface area contributed by atoms with E-state index in [2.05, 4.69) is 5.32 Å². The molecule has 2 aromatic carbocycles. The maximum Gasteiger partial charge on any atom is 0.243 e. The SMILES string of the molecule is CCN(CC(=O)Nc1ccc(OC)cc1)S(=O)(=O)c1ccc(C)cc1. The van der Waals surface area contributed by atoms with Gasteiger partial charge in [-0.1, -0.05) is 24.6 Å². The van der Waals surface area contributed by atoms with E-state index in [-0.39, 0.29) is 18.0 Å². The first-order valence-corrected chi connectivity index (χ1v) is 9.31. The Bertz CT molecular complexity index is 815. The molecule has 0 aliphatic rings. The largest absolute Gasteiger partial charge is 0.497 e. The fraction of sp³-hybridized carbons (Fsp3) is 0.278. The summed E-state index contributed by atoms with van der Waals surface area (Å²) in [5.41, 5.74) is 1.55. The van der Waals surface area contributed by atoms with Gasteiger partial charge in [0.05, 0.1) is 18.6 Å². The normalized spacial score (nSPS) is 11.4. The molecule has 0 unspecified atom stereocenters. The van der Waals surface area contributed by atoms with Crippen molar-refractivity contribution in [3.8, 4) is 5.75 Å². The Morgan fingerprint density at radius 2 is 1.68 bits per heavy atom. The highest BCUT2D eigenvalue weighted by atomic mass is 32.2. The third kappa shape index (κ3) is 4.80. The Balaban J connectivity index is 2.09. The van der Waals surface area contributed by atoms with Crippen LogP contribution in [-0.4, -0.2) is 38.8 Å². The molecule has 0 aliphatic heterocycles. The molecule has 2 rings (SSSR count). The molecule has 0 atom stereocenters. The summed E-state index contributed by atoms with van der Waals surface area (Å²) in [7, 11) is -2.16. The van der Waals surface area contributed by atoms with Gasteiger partial charge in [0, 0.05) is 12.2 Å². The van der Waals surface area contributed by atoms with Crippen LogP contribution in [0.4, 0.5) is 5.69 Å². The van der Waals surface area contributed by atoms with Crippen molar-refractivity contribution in [1.82, 2.24) is 4.31 Å². The number of nitrogens with zero attached hydrogens (tertiary/aromatic N) is 1. The Morgan fingerprint density at radius 1 is 1.08 bits per heavy atom. The van der Waals surface area contributed by atoms with Gasteiger partial charge in [-0.05, 0) is 43.3 Å². The zero-order chi connectivity index (χ0) is 18.4. The second-order valence-corrected chi connectivity index (χ2v) is 7.46. The van der Waals surface area contributed by atoms with E-state index in [1.165, 1.54) is 0 Å². The van der Waals surface area contributed by atoms with Crippen LogP contribution in [0, 0.1) is 6.92 Å². The van der Waals surface area contributed by atoms with Crippen molar-refractivity contribution in [2.75, 3.05) is 25.5 Å². The van der Waals surface area contributed by atoms with E-state index in [1.54, 1.807) is 62.6 Å². The molecule has 0 aromatic heterocycles. The minimum Gasteiger partial charge on any atom is -0.497 e. The van der Waals surface area contributed by atoms with Gasteiger partial charge in [0.15, 0.2) is 0 Å². The highest BCUT2D eigenvalue weighted by molar-refractivity contribution is 7.89. The van der Waals surface area contributed by atoms with Crippen LogP contribution in [0.15, 0.2) is 53.4 Å². The monoisotopic (exact) mass is 362 g/mol. The number of sulfonamides is 1. The van der Waals surface area contributed by atoms with E-state index in [0.717, 1.165) is 9.87 Å². The number of hydrogen-bond donors (Lipinski definition) is 1. The van der Waals surface area contributed by atoms with E-state index in [9.17, 15) is 13.2 Å². The molecule has 2 aromatic rings. The van der Waals surface area contributed by atoms with Gasteiger partial charge in [0.25, 0.3) is 0 Å². The molecule has 25 heavy (non-hydrogen) atoms. The van der Waals surface area contributed by atoms with Gasteiger partial charge in [-0.2, -0.15) is 4.31 Å². The van der Waals surface area contributed by atoms with E-state index in [4.69, 9.17) is 4.74 Å². The molecule has 0 radical (unpaired) electrons. The molecule has 0 bridgehead atoms. The second kappa shape index (κ2) is 8.13. The van der Waals surface area contributed by atoms with Crippen molar-refractivity contribution in [1.29, 1.82) is 0 Å². The summed E-state index contributed by atoms with van der Waals surface area (Å²) in [5.74, 6) is 0.276. The summed E-state index contributed by atoms with van der Waals surface area (Å²) in [6.07, 6.45) is 0. The number of anilines is 1. The average Bonchev–Trinajstić information content (AvgIpc) is 2.60. The summed E-state index contributed by atoms with van der Waals surface area (Å²) >= 11 is 0. The zero-order valence-corrected chi connectivity index (χ0v) is 15.3. The number of rotatable bonds is 7. The van der Waals surface area contributed by atoms with E-state index in [0.29, 0.717) is 11.4 Å². The predicted octanol–water partition coefficient (Wildman–Crippen LogP) is 2.65. The highest BCUT2D eigenvalue weighted by Crippen LogP contribution is 2.17. The molecule has 134 valence electrons. The average molecular weight is 362 g/mol. The summed E-state index contributed by atoms with van der Waals surface area (Å²) in [6.45, 7) is 3.54. The van der Waals surface area contributed by atoms with Gasteiger partial charge in [0.2, 0.25) is 15.9 Å². The zero-order valence-electron chi connectivity index (χ0n) is 14.5. The molecule has 0 saturated heterocycles. The third-order valence-electron chi connectivity index (χ3n) is 3.71. The van der Waals surface area contributed by atoms with Crippen LogP contribution in [0.2, 0.25) is 0 Å². The maximum absolute atomic E-state index is 12.7. The molecule has 7 heteroatoms. The fourth-order valence-corrected chi connectivity index (χ4v) is 3.67. The van der Waals surface area contributed by atoms with Crippen molar-refractivity contribution in [3.05, 3.63) is 54.1 Å². The number of amides is 1. The van der Waals surface area contributed by atoms with Crippen molar-refractivity contribution in [3.63, 3.8) is 0 Å². The Morgan fingerprint density at radius 3 is 2.20 bits per heavy atom. The predicted molar refractivity (Wildman–Crippen MR) is 97.2 cm³/mol. The van der Waals surface area contributed by atoms with Crippen LogP contribution in [0.3, 0.4) is 0 Å². The minimum atomic E-state index is -3.71. The van der Waals surface area contributed by atoms with E-state index in [1.807, 2.05) is 6.92 Å². The minimum absolute atomic E-state index is 0.178. The lowest BCUT2D eigenvalue weighted by atomic mass is 10.2. The van der Waals surface area contributed by atoms with Crippen LogP contribution >= 0.6 is 0 Å². The van der Waals surface area contributed by atoms with Crippen LogP contribution in [0.25, 0.3) is 0 Å². The van der Waals surface area contributed by atoms with Gasteiger partial charge in [0.1, 0.15) is 5.75 Å². The number of carbonyl (C=O) groups is 1. The van der Waals surface area contributed by atoms with Crippen LogP contribution in [0.5, 0.6) is 5.75 Å². The molecule has 0 aliphatic carbocycles. The first kappa shape index (κ1) is 19.0. The van der Waals surface area contributed by atoms with Gasteiger partial charge in [-0.25, -0.2) is 8.42 Å². The molecular formula is C18H22N2O4S. The number of likely N-dealkylation sites (N-methyl/N-ethyl adjacent to an activating group) is 1.